The van der Waals surface area contributed by atoms with Crippen LogP contribution in [0.3, 0.4) is 0 Å². The number of benzene rings is 1. The van der Waals surface area contributed by atoms with Gasteiger partial charge in [0.05, 0.1) is 12.1 Å². The largest absolute Gasteiger partial charge is 0.331 e. The van der Waals surface area contributed by atoms with Crippen molar-refractivity contribution in [2.75, 3.05) is 7.05 Å². The molecule has 24 heavy (non-hydrogen) atoms. The third kappa shape index (κ3) is 3.58. The molecular formula is C20H25N3O. The fourth-order valence-electron chi connectivity index (χ4n) is 3.16. The maximum atomic E-state index is 12.8. The molecule has 1 aliphatic carbocycles. The molecule has 1 saturated carbocycles. The van der Waals surface area contributed by atoms with E-state index >= 15 is 0 Å². The summed E-state index contributed by atoms with van der Waals surface area (Å²) in [4.78, 5) is 18.7. The Bertz CT molecular complexity index is 655. The van der Waals surface area contributed by atoms with E-state index in [1.54, 1.807) is 11.1 Å². The molecule has 2 unspecified atom stereocenters. The minimum atomic E-state index is -0.0351. The summed E-state index contributed by atoms with van der Waals surface area (Å²) in [5, 5.41) is 3.25. The first-order valence-electron chi connectivity index (χ1n) is 8.65. The molecule has 0 aliphatic heterocycles. The van der Waals surface area contributed by atoms with E-state index in [0.717, 1.165) is 5.56 Å². The second kappa shape index (κ2) is 7.47. The summed E-state index contributed by atoms with van der Waals surface area (Å²) in [7, 11) is 1.84. The van der Waals surface area contributed by atoms with Crippen molar-refractivity contribution in [3.63, 3.8) is 0 Å². The van der Waals surface area contributed by atoms with Gasteiger partial charge in [-0.3, -0.25) is 4.98 Å². The van der Waals surface area contributed by atoms with Crippen LogP contribution in [-0.2, 0) is 0 Å². The Morgan fingerprint density at radius 3 is 2.46 bits per heavy atom. The number of amides is 2. The first-order valence-corrected chi connectivity index (χ1v) is 8.65. The summed E-state index contributed by atoms with van der Waals surface area (Å²) in [6.45, 7) is 2.03. The molecule has 1 aromatic carbocycles. The van der Waals surface area contributed by atoms with Gasteiger partial charge in [-0.15, -0.1) is 0 Å². The van der Waals surface area contributed by atoms with Gasteiger partial charge < -0.3 is 10.2 Å². The lowest BCUT2D eigenvalue weighted by atomic mass is 9.77. The zero-order valence-electron chi connectivity index (χ0n) is 14.4. The van der Waals surface area contributed by atoms with Crippen molar-refractivity contribution in [2.24, 2.45) is 5.92 Å². The van der Waals surface area contributed by atoms with Crippen molar-refractivity contribution < 1.29 is 4.79 Å². The molecule has 1 aliphatic rings. The molecule has 1 N–H and O–H groups in total. The average molecular weight is 323 g/mol. The standard InChI is InChI=1S/C20H25N3O/c1-15(18-12-7-13-21-14-18)23(2)20(24)22-19(17-10-6-11-17)16-8-4-3-5-9-16/h3-5,7-9,12-15,17,19H,6,10-11H2,1-2H3,(H,22,24). The molecule has 2 amide bonds. The Labute approximate surface area is 143 Å². The van der Waals surface area contributed by atoms with E-state index in [1.807, 2.05) is 50.5 Å². The Hall–Kier alpha value is -2.36. The van der Waals surface area contributed by atoms with Crippen molar-refractivity contribution in [3.8, 4) is 0 Å². The molecule has 0 spiro atoms. The van der Waals surface area contributed by atoms with Gasteiger partial charge in [-0.25, -0.2) is 4.79 Å². The fraction of sp³-hybridized carbons (Fsp3) is 0.400. The predicted molar refractivity (Wildman–Crippen MR) is 95.5 cm³/mol. The smallest absolute Gasteiger partial charge is 0.318 e. The van der Waals surface area contributed by atoms with E-state index < -0.39 is 0 Å². The summed E-state index contributed by atoms with van der Waals surface area (Å²) in [6, 6.07) is 14.2. The highest BCUT2D eigenvalue weighted by molar-refractivity contribution is 5.75. The summed E-state index contributed by atoms with van der Waals surface area (Å²) >= 11 is 0. The quantitative estimate of drug-likeness (QED) is 0.890. The molecule has 0 bridgehead atoms. The number of hydrogen-bond acceptors (Lipinski definition) is 2. The number of rotatable bonds is 5. The summed E-state index contributed by atoms with van der Waals surface area (Å²) in [5.74, 6) is 0.540. The third-order valence-corrected chi connectivity index (χ3v) is 5.13. The molecule has 126 valence electrons. The van der Waals surface area contributed by atoms with Gasteiger partial charge in [-0.1, -0.05) is 42.8 Å². The fourth-order valence-corrected chi connectivity index (χ4v) is 3.16. The molecule has 4 nitrogen and oxygen atoms in total. The van der Waals surface area contributed by atoms with Crippen molar-refractivity contribution in [2.45, 2.75) is 38.3 Å². The van der Waals surface area contributed by atoms with E-state index in [0.29, 0.717) is 5.92 Å². The lowest BCUT2D eigenvalue weighted by Gasteiger charge is -2.36. The Balaban J connectivity index is 1.71. The summed E-state index contributed by atoms with van der Waals surface area (Å²) < 4.78 is 0. The van der Waals surface area contributed by atoms with Crippen molar-refractivity contribution in [1.82, 2.24) is 15.2 Å². The van der Waals surface area contributed by atoms with Crippen LogP contribution in [0.25, 0.3) is 0 Å². The van der Waals surface area contributed by atoms with Crippen LogP contribution < -0.4 is 5.32 Å². The molecule has 1 heterocycles. The zero-order valence-corrected chi connectivity index (χ0v) is 14.4. The Kier molecular flexibility index (Phi) is 5.14. The second-order valence-electron chi connectivity index (χ2n) is 6.60. The van der Waals surface area contributed by atoms with Gasteiger partial charge in [-0.2, -0.15) is 0 Å². The summed E-state index contributed by atoms with van der Waals surface area (Å²) in [5.41, 5.74) is 2.23. The normalized spacial score (nSPS) is 16.8. The van der Waals surface area contributed by atoms with Gasteiger partial charge in [0.25, 0.3) is 0 Å². The zero-order chi connectivity index (χ0) is 16.9. The van der Waals surface area contributed by atoms with E-state index in [4.69, 9.17) is 0 Å². The Morgan fingerprint density at radius 2 is 1.88 bits per heavy atom. The molecule has 0 radical (unpaired) electrons. The minimum Gasteiger partial charge on any atom is -0.331 e. The topological polar surface area (TPSA) is 45.2 Å². The molecule has 2 aromatic rings. The molecule has 3 rings (SSSR count). The first-order chi connectivity index (χ1) is 11.7. The highest BCUT2D eigenvalue weighted by Crippen LogP contribution is 2.37. The van der Waals surface area contributed by atoms with Crippen LogP contribution in [0.4, 0.5) is 4.79 Å². The molecule has 4 heteroatoms. The van der Waals surface area contributed by atoms with Gasteiger partial charge in [0, 0.05) is 19.4 Å². The molecular weight excluding hydrogens is 298 g/mol. The lowest BCUT2D eigenvalue weighted by Crippen LogP contribution is -2.43. The minimum absolute atomic E-state index is 0.0171. The summed E-state index contributed by atoms with van der Waals surface area (Å²) in [6.07, 6.45) is 7.18. The van der Waals surface area contributed by atoms with E-state index in [-0.39, 0.29) is 18.1 Å². The van der Waals surface area contributed by atoms with Crippen molar-refractivity contribution in [1.29, 1.82) is 0 Å². The maximum Gasteiger partial charge on any atom is 0.318 e. The van der Waals surface area contributed by atoms with E-state index in [2.05, 4.69) is 22.4 Å². The molecule has 1 fully saturated rings. The van der Waals surface area contributed by atoms with Gasteiger partial charge in [0.1, 0.15) is 0 Å². The Morgan fingerprint density at radius 1 is 1.17 bits per heavy atom. The number of aromatic nitrogens is 1. The lowest BCUT2D eigenvalue weighted by molar-refractivity contribution is 0.172. The second-order valence-corrected chi connectivity index (χ2v) is 6.60. The van der Waals surface area contributed by atoms with Crippen LogP contribution in [0, 0.1) is 5.92 Å². The van der Waals surface area contributed by atoms with Crippen molar-refractivity contribution in [3.05, 3.63) is 66.0 Å². The predicted octanol–water partition coefficient (Wildman–Crippen LogP) is 4.33. The number of nitrogens with zero attached hydrogens (tertiary/aromatic N) is 2. The third-order valence-electron chi connectivity index (χ3n) is 5.13. The van der Waals surface area contributed by atoms with Gasteiger partial charge >= 0.3 is 6.03 Å². The highest BCUT2D eigenvalue weighted by atomic mass is 16.2. The number of pyridine rings is 1. The first kappa shape index (κ1) is 16.5. The highest BCUT2D eigenvalue weighted by Gasteiger charge is 2.31. The SMILES string of the molecule is CC(c1cccnc1)N(C)C(=O)NC(c1ccccc1)C1CCC1. The number of carbonyl (C=O) groups is 1. The maximum absolute atomic E-state index is 12.8. The van der Waals surface area contributed by atoms with Crippen LogP contribution in [0.5, 0.6) is 0 Å². The van der Waals surface area contributed by atoms with Crippen LogP contribution in [0.2, 0.25) is 0 Å². The molecule has 1 aromatic heterocycles. The van der Waals surface area contributed by atoms with Crippen LogP contribution in [0.1, 0.15) is 49.4 Å². The number of carbonyl (C=O) groups excluding carboxylic acids is 1. The number of urea groups is 1. The average Bonchev–Trinajstić information content (AvgIpc) is 2.59. The van der Waals surface area contributed by atoms with E-state index in [1.165, 1.54) is 24.8 Å². The van der Waals surface area contributed by atoms with Gasteiger partial charge in [-0.05, 0) is 42.9 Å². The van der Waals surface area contributed by atoms with Crippen LogP contribution in [0.15, 0.2) is 54.9 Å². The van der Waals surface area contributed by atoms with Crippen LogP contribution >= 0.6 is 0 Å². The monoisotopic (exact) mass is 323 g/mol. The van der Waals surface area contributed by atoms with Crippen LogP contribution in [-0.4, -0.2) is 23.0 Å². The van der Waals surface area contributed by atoms with Crippen molar-refractivity contribution >= 4 is 6.03 Å². The van der Waals surface area contributed by atoms with Gasteiger partial charge in [0.2, 0.25) is 0 Å². The van der Waals surface area contributed by atoms with E-state index in [9.17, 15) is 4.79 Å². The molecule has 0 saturated heterocycles. The number of nitrogens with one attached hydrogen (secondary N) is 1. The molecule has 2 atom stereocenters. The number of hydrogen-bond donors (Lipinski definition) is 1. The van der Waals surface area contributed by atoms with Gasteiger partial charge in [0.15, 0.2) is 0 Å².